The second kappa shape index (κ2) is 6.69. The fraction of sp³-hybridized carbons (Fsp3) is 0.533. The van der Waals surface area contributed by atoms with Crippen molar-refractivity contribution in [2.45, 2.75) is 19.3 Å². The molecule has 3 rings (SSSR count). The molecule has 22 heavy (non-hydrogen) atoms. The van der Waals surface area contributed by atoms with Gasteiger partial charge in [-0.15, -0.1) is 12.4 Å². The maximum absolute atomic E-state index is 13.3. The molecule has 0 aliphatic carbocycles. The highest BCUT2D eigenvalue weighted by Gasteiger charge is 2.38. The maximum atomic E-state index is 13.3. The highest BCUT2D eigenvalue weighted by molar-refractivity contribution is 6.33. The van der Waals surface area contributed by atoms with Crippen LogP contribution in [0.5, 0.6) is 0 Å². The van der Waals surface area contributed by atoms with E-state index in [1.807, 2.05) is 0 Å². The number of benzene rings is 1. The van der Waals surface area contributed by atoms with Crippen LogP contribution in [0.2, 0.25) is 5.02 Å². The summed E-state index contributed by atoms with van der Waals surface area (Å²) in [4.78, 5) is 14.1. The van der Waals surface area contributed by atoms with Crippen molar-refractivity contribution in [3.8, 4) is 0 Å². The van der Waals surface area contributed by atoms with E-state index < -0.39 is 11.6 Å². The molecule has 2 aliphatic rings. The van der Waals surface area contributed by atoms with E-state index >= 15 is 0 Å². The van der Waals surface area contributed by atoms with Gasteiger partial charge in [-0.3, -0.25) is 4.79 Å². The maximum Gasteiger partial charge on any atom is 0.255 e. The first-order valence-electron chi connectivity index (χ1n) is 7.15. The minimum atomic E-state index is -1.05. The molecule has 2 aliphatic heterocycles. The molecule has 2 fully saturated rings. The Kier molecular flexibility index (Phi) is 5.30. The van der Waals surface area contributed by atoms with Gasteiger partial charge in [-0.05, 0) is 43.4 Å². The molecule has 7 heteroatoms. The van der Waals surface area contributed by atoms with E-state index in [1.54, 1.807) is 4.90 Å². The zero-order valence-corrected chi connectivity index (χ0v) is 13.6. The van der Waals surface area contributed by atoms with Gasteiger partial charge in [0.15, 0.2) is 11.6 Å². The predicted molar refractivity (Wildman–Crippen MR) is 83.7 cm³/mol. The number of carbonyl (C=O) groups excluding carboxylic acids is 1. The van der Waals surface area contributed by atoms with Crippen molar-refractivity contribution in [1.82, 2.24) is 10.2 Å². The van der Waals surface area contributed by atoms with Gasteiger partial charge in [0, 0.05) is 19.6 Å². The molecule has 0 radical (unpaired) electrons. The summed E-state index contributed by atoms with van der Waals surface area (Å²) in [5.41, 5.74) is 0.338. The average molecular weight is 351 g/mol. The molecular formula is C15H18Cl2F2N2O. The van der Waals surface area contributed by atoms with E-state index in [0.29, 0.717) is 18.5 Å². The van der Waals surface area contributed by atoms with Crippen LogP contribution in [0, 0.1) is 17.0 Å². The quantitative estimate of drug-likeness (QED) is 0.788. The van der Waals surface area contributed by atoms with Gasteiger partial charge >= 0.3 is 0 Å². The van der Waals surface area contributed by atoms with Crippen LogP contribution in [0.4, 0.5) is 8.78 Å². The Hall–Kier alpha value is -0.910. The van der Waals surface area contributed by atoms with Gasteiger partial charge in [0.25, 0.3) is 5.91 Å². The number of likely N-dealkylation sites (tertiary alicyclic amines) is 1. The Morgan fingerprint density at radius 1 is 1.18 bits per heavy atom. The average Bonchev–Trinajstić information content (AvgIpc) is 2.91. The van der Waals surface area contributed by atoms with Gasteiger partial charge < -0.3 is 10.2 Å². The summed E-state index contributed by atoms with van der Waals surface area (Å²) in [6, 6.07) is 1.75. The van der Waals surface area contributed by atoms with E-state index in [1.165, 1.54) is 0 Å². The van der Waals surface area contributed by atoms with Gasteiger partial charge in [0.2, 0.25) is 0 Å². The predicted octanol–water partition coefficient (Wildman–Crippen LogP) is 3.26. The van der Waals surface area contributed by atoms with Crippen LogP contribution in [0.25, 0.3) is 0 Å². The van der Waals surface area contributed by atoms with Crippen molar-refractivity contribution in [1.29, 1.82) is 0 Å². The molecule has 1 aromatic rings. The number of halogens is 4. The molecule has 122 valence electrons. The summed E-state index contributed by atoms with van der Waals surface area (Å²) in [5, 5.41) is 3.33. The summed E-state index contributed by atoms with van der Waals surface area (Å²) in [5.74, 6) is -2.40. The number of hydrogen-bond donors (Lipinski definition) is 1. The fourth-order valence-electron chi connectivity index (χ4n) is 3.26. The van der Waals surface area contributed by atoms with E-state index in [0.717, 1.165) is 44.5 Å². The zero-order valence-electron chi connectivity index (χ0n) is 12.0. The molecule has 1 spiro atoms. The molecule has 0 unspecified atom stereocenters. The highest BCUT2D eigenvalue weighted by Crippen LogP contribution is 2.37. The Morgan fingerprint density at radius 3 is 2.41 bits per heavy atom. The number of nitrogens with one attached hydrogen (secondary N) is 1. The van der Waals surface area contributed by atoms with Crippen LogP contribution >= 0.6 is 24.0 Å². The normalized spacial score (nSPS) is 20.0. The molecule has 0 aromatic heterocycles. The Bertz CT molecular complexity index is 567. The summed E-state index contributed by atoms with van der Waals surface area (Å²) < 4.78 is 26.4. The van der Waals surface area contributed by atoms with Crippen molar-refractivity contribution in [2.24, 2.45) is 5.41 Å². The standard InChI is InChI=1S/C15H17ClF2N2O.ClH/c16-11-8-13(18)12(17)7-10(11)14(21)20-5-2-15(3-6-20)1-4-19-9-15;/h7-8,19H,1-6,9H2;1H. The van der Waals surface area contributed by atoms with Crippen LogP contribution in [-0.4, -0.2) is 37.0 Å². The molecule has 0 saturated carbocycles. The lowest BCUT2D eigenvalue weighted by Crippen LogP contribution is -2.44. The van der Waals surface area contributed by atoms with E-state index in [4.69, 9.17) is 11.6 Å². The number of hydrogen-bond acceptors (Lipinski definition) is 2. The lowest BCUT2D eigenvalue weighted by atomic mass is 9.78. The second-order valence-corrected chi connectivity index (χ2v) is 6.37. The van der Waals surface area contributed by atoms with Gasteiger partial charge in [-0.25, -0.2) is 8.78 Å². The monoisotopic (exact) mass is 350 g/mol. The molecule has 0 bridgehead atoms. The van der Waals surface area contributed by atoms with Gasteiger partial charge in [-0.2, -0.15) is 0 Å². The third-order valence-corrected chi connectivity index (χ3v) is 5.00. The minimum Gasteiger partial charge on any atom is -0.339 e. The van der Waals surface area contributed by atoms with Crippen LogP contribution in [-0.2, 0) is 0 Å². The smallest absolute Gasteiger partial charge is 0.255 e. The topological polar surface area (TPSA) is 32.3 Å². The molecule has 2 heterocycles. The second-order valence-electron chi connectivity index (χ2n) is 5.97. The first kappa shape index (κ1) is 17.4. The van der Waals surface area contributed by atoms with Crippen LogP contribution in [0.3, 0.4) is 0 Å². The molecular weight excluding hydrogens is 333 g/mol. The van der Waals surface area contributed by atoms with Crippen molar-refractivity contribution in [3.63, 3.8) is 0 Å². The third-order valence-electron chi connectivity index (χ3n) is 4.68. The summed E-state index contributed by atoms with van der Waals surface area (Å²) in [6.45, 7) is 3.30. The Morgan fingerprint density at radius 2 is 1.82 bits per heavy atom. The van der Waals surface area contributed by atoms with Crippen molar-refractivity contribution < 1.29 is 13.6 Å². The van der Waals surface area contributed by atoms with Gasteiger partial charge in [-0.1, -0.05) is 11.6 Å². The van der Waals surface area contributed by atoms with Crippen molar-refractivity contribution >= 4 is 29.9 Å². The fourth-order valence-corrected chi connectivity index (χ4v) is 3.49. The van der Waals surface area contributed by atoms with E-state index in [-0.39, 0.29) is 28.9 Å². The molecule has 3 nitrogen and oxygen atoms in total. The molecule has 2 saturated heterocycles. The van der Waals surface area contributed by atoms with E-state index in [2.05, 4.69) is 5.32 Å². The lowest BCUT2D eigenvalue weighted by Gasteiger charge is -2.39. The number of nitrogens with zero attached hydrogens (tertiary/aromatic N) is 1. The van der Waals surface area contributed by atoms with Crippen molar-refractivity contribution in [3.05, 3.63) is 34.4 Å². The summed E-state index contributed by atoms with van der Waals surface area (Å²) in [7, 11) is 0. The largest absolute Gasteiger partial charge is 0.339 e. The van der Waals surface area contributed by atoms with Crippen LogP contribution < -0.4 is 5.32 Å². The van der Waals surface area contributed by atoms with Crippen LogP contribution in [0.15, 0.2) is 12.1 Å². The number of rotatable bonds is 1. The number of carbonyl (C=O) groups is 1. The minimum absolute atomic E-state index is 0. The first-order chi connectivity index (χ1) is 10.0. The summed E-state index contributed by atoms with van der Waals surface area (Å²) in [6.07, 6.45) is 3.01. The molecule has 1 aromatic carbocycles. The molecule has 1 amide bonds. The number of piperidine rings is 1. The Labute approximate surface area is 139 Å². The highest BCUT2D eigenvalue weighted by atomic mass is 35.5. The number of amides is 1. The lowest BCUT2D eigenvalue weighted by molar-refractivity contribution is 0.0607. The van der Waals surface area contributed by atoms with Gasteiger partial charge in [0.05, 0.1) is 10.6 Å². The zero-order chi connectivity index (χ0) is 15.0. The SMILES string of the molecule is Cl.O=C(c1cc(F)c(F)cc1Cl)N1CCC2(CCNC2)CC1. The van der Waals surface area contributed by atoms with Crippen LogP contribution in [0.1, 0.15) is 29.6 Å². The summed E-state index contributed by atoms with van der Waals surface area (Å²) >= 11 is 5.87. The van der Waals surface area contributed by atoms with E-state index in [9.17, 15) is 13.6 Å². The van der Waals surface area contributed by atoms with Gasteiger partial charge in [0.1, 0.15) is 0 Å². The first-order valence-corrected chi connectivity index (χ1v) is 7.53. The van der Waals surface area contributed by atoms with Crippen molar-refractivity contribution in [2.75, 3.05) is 26.2 Å². The molecule has 0 atom stereocenters. The third kappa shape index (κ3) is 3.21. The molecule has 1 N–H and O–H groups in total. The Balaban J connectivity index is 0.00000176.